The molecule has 34 heavy (non-hydrogen) atoms. The molecule has 0 saturated heterocycles. The van der Waals surface area contributed by atoms with Crippen molar-refractivity contribution < 1.29 is 19.4 Å². The average Bonchev–Trinajstić information content (AvgIpc) is 3.07. The fourth-order valence-corrected chi connectivity index (χ4v) is 4.17. The van der Waals surface area contributed by atoms with E-state index in [0.717, 1.165) is 5.56 Å². The first kappa shape index (κ1) is 25.2. The van der Waals surface area contributed by atoms with Gasteiger partial charge in [-0.3, -0.25) is 15.0 Å². The van der Waals surface area contributed by atoms with Gasteiger partial charge in [0.15, 0.2) is 5.78 Å². The lowest BCUT2D eigenvalue weighted by Crippen LogP contribution is -2.30. The molecule has 1 heterocycles. The molecule has 2 aromatic rings. The third-order valence-electron chi connectivity index (χ3n) is 5.93. The van der Waals surface area contributed by atoms with Crippen LogP contribution in [0.2, 0.25) is 0 Å². The van der Waals surface area contributed by atoms with Gasteiger partial charge in [-0.1, -0.05) is 20.8 Å². The second-order valence-corrected chi connectivity index (χ2v) is 9.46. The Morgan fingerprint density at radius 1 is 1.18 bits per heavy atom. The van der Waals surface area contributed by atoms with Gasteiger partial charge in [-0.15, -0.1) is 0 Å². The van der Waals surface area contributed by atoms with Crippen LogP contribution in [0.5, 0.6) is 11.5 Å². The second kappa shape index (κ2) is 9.85. The summed E-state index contributed by atoms with van der Waals surface area (Å²) in [4.78, 5) is 27.3. The first-order valence-electron chi connectivity index (χ1n) is 11.4. The normalized spacial score (nSPS) is 13.1. The molecule has 0 aromatic heterocycles. The zero-order valence-electron chi connectivity index (χ0n) is 20.8. The van der Waals surface area contributed by atoms with E-state index in [-0.39, 0.29) is 35.2 Å². The molecule has 0 aliphatic carbocycles. The Balaban J connectivity index is 1.91. The van der Waals surface area contributed by atoms with Crippen LogP contribution in [0.15, 0.2) is 24.3 Å². The summed E-state index contributed by atoms with van der Waals surface area (Å²) in [5, 5.41) is 25.0. The van der Waals surface area contributed by atoms with Crippen molar-refractivity contribution in [1.82, 2.24) is 15.5 Å². The van der Waals surface area contributed by atoms with Crippen LogP contribution in [0.25, 0.3) is 0 Å². The third-order valence-corrected chi connectivity index (χ3v) is 5.93. The molecule has 1 aliphatic heterocycles. The number of phenols is 1. The van der Waals surface area contributed by atoms with Crippen molar-refractivity contribution in [3.05, 3.63) is 57.6 Å². The molecule has 0 fully saturated rings. The molecule has 3 rings (SSSR count). The number of hydrogen-bond acceptors (Lipinski definition) is 6. The first-order chi connectivity index (χ1) is 16.0. The molecule has 0 unspecified atom stereocenters. The van der Waals surface area contributed by atoms with E-state index in [0.29, 0.717) is 53.3 Å². The van der Waals surface area contributed by atoms with Gasteiger partial charge in [0.25, 0.3) is 5.91 Å². The molecular formula is C26H34N4O4. The highest BCUT2D eigenvalue weighted by Crippen LogP contribution is 2.35. The maximum atomic E-state index is 13.3. The summed E-state index contributed by atoms with van der Waals surface area (Å²) in [6, 6.07) is 6.91. The van der Waals surface area contributed by atoms with E-state index in [1.807, 2.05) is 27.7 Å². The van der Waals surface area contributed by atoms with E-state index in [2.05, 4.69) is 10.6 Å². The predicted octanol–water partition coefficient (Wildman–Crippen LogP) is 3.19. The fraction of sp³-hybridized carbons (Fsp3) is 0.423. The maximum Gasteiger partial charge on any atom is 0.254 e. The number of Topliss-reactive ketones (excluding diaryl/α,β-unsaturated/α-hetero) is 1. The van der Waals surface area contributed by atoms with Crippen LogP contribution in [-0.4, -0.2) is 54.8 Å². The van der Waals surface area contributed by atoms with Crippen molar-refractivity contribution in [2.24, 2.45) is 0 Å². The van der Waals surface area contributed by atoms with E-state index in [9.17, 15) is 14.7 Å². The van der Waals surface area contributed by atoms with E-state index in [1.165, 1.54) is 0 Å². The fourth-order valence-electron chi connectivity index (χ4n) is 4.17. The number of carbonyl (C=O) groups is 2. The largest absolute Gasteiger partial charge is 0.507 e. The van der Waals surface area contributed by atoms with Crippen LogP contribution >= 0.6 is 0 Å². The lowest BCUT2D eigenvalue weighted by molar-refractivity contribution is 0.0953. The molecule has 0 radical (unpaired) electrons. The summed E-state index contributed by atoms with van der Waals surface area (Å²) in [6.07, 6.45) is 0. The minimum absolute atomic E-state index is 0.0140. The molecule has 0 spiro atoms. The number of fused-ring (bicyclic) bond motifs is 1. The zero-order chi connectivity index (χ0) is 25.2. The van der Waals surface area contributed by atoms with Crippen LogP contribution in [-0.2, 0) is 18.5 Å². The standard InChI is InChI=1S/C26H34N4O4/c1-7-34-22-10-17-13-30(24(27)18(17)11-19(22)25(33)29-6)14-21(31)15-8-16(12-28-5)23(32)20(9-15)26(2,3)4/h8-11,27-28,32H,7,12-14H2,1-6H3,(H,29,33). The highest BCUT2D eigenvalue weighted by Gasteiger charge is 2.30. The summed E-state index contributed by atoms with van der Waals surface area (Å²) in [5.41, 5.74) is 3.35. The SMILES string of the molecule is CCOc1cc2c(cc1C(=O)NC)C(=N)N(CC(=O)c1cc(CNC)c(O)c(C(C)(C)C)c1)C2. The van der Waals surface area contributed by atoms with Crippen molar-refractivity contribution in [3.8, 4) is 11.5 Å². The van der Waals surface area contributed by atoms with Crippen molar-refractivity contribution in [1.29, 1.82) is 5.41 Å². The van der Waals surface area contributed by atoms with Gasteiger partial charge in [-0.2, -0.15) is 0 Å². The summed E-state index contributed by atoms with van der Waals surface area (Å²) >= 11 is 0. The van der Waals surface area contributed by atoms with Crippen molar-refractivity contribution in [2.45, 2.75) is 46.2 Å². The van der Waals surface area contributed by atoms with Crippen LogP contribution in [0.1, 0.15) is 70.7 Å². The van der Waals surface area contributed by atoms with Crippen LogP contribution in [0.3, 0.4) is 0 Å². The molecule has 8 nitrogen and oxygen atoms in total. The van der Waals surface area contributed by atoms with Crippen LogP contribution in [0, 0.1) is 5.41 Å². The minimum Gasteiger partial charge on any atom is -0.507 e. The number of ether oxygens (including phenoxy) is 1. The number of amides is 1. The van der Waals surface area contributed by atoms with Gasteiger partial charge in [0.05, 0.1) is 18.7 Å². The molecule has 1 amide bonds. The number of nitrogens with one attached hydrogen (secondary N) is 3. The smallest absolute Gasteiger partial charge is 0.254 e. The number of nitrogens with zero attached hydrogens (tertiary/aromatic N) is 1. The Kier molecular flexibility index (Phi) is 7.31. The summed E-state index contributed by atoms with van der Waals surface area (Å²) < 4.78 is 5.65. The number of carbonyl (C=O) groups excluding carboxylic acids is 2. The molecule has 0 saturated carbocycles. The summed E-state index contributed by atoms with van der Waals surface area (Å²) in [5.74, 6) is 0.430. The number of rotatable bonds is 8. The monoisotopic (exact) mass is 466 g/mol. The molecular weight excluding hydrogens is 432 g/mol. The van der Waals surface area contributed by atoms with Crippen LogP contribution < -0.4 is 15.4 Å². The third kappa shape index (κ3) is 4.92. The summed E-state index contributed by atoms with van der Waals surface area (Å²) in [7, 11) is 3.34. The highest BCUT2D eigenvalue weighted by atomic mass is 16.5. The molecule has 8 heteroatoms. The Hall–Kier alpha value is -3.39. The highest BCUT2D eigenvalue weighted by molar-refractivity contribution is 6.07. The molecule has 4 N–H and O–H groups in total. The van der Waals surface area contributed by atoms with Gasteiger partial charge in [0.1, 0.15) is 17.3 Å². The lowest BCUT2D eigenvalue weighted by Gasteiger charge is -2.24. The van der Waals surface area contributed by atoms with Gasteiger partial charge < -0.3 is 25.4 Å². The number of amidine groups is 1. The number of phenolic OH excluding ortho intramolecular Hbond substituents is 1. The Labute approximate surface area is 200 Å². The number of benzene rings is 2. The topological polar surface area (TPSA) is 115 Å². The molecule has 0 atom stereocenters. The number of ketones is 1. The Morgan fingerprint density at radius 2 is 1.88 bits per heavy atom. The van der Waals surface area contributed by atoms with Crippen molar-refractivity contribution >= 4 is 17.5 Å². The second-order valence-electron chi connectivity index (χ2n) is 9.46. The molecule has 0 bridgehead atoms. The molecule has 2 aromatic carbocycles. The van der Waals surface area contributed by atoms with Crippen molar-refractivity contribution in [3.63, 3.8) is 0 Å². The predicted molar refractivity (Wildman–Crippen MR) is 132 cm³/mol. The zero-order valence-corrected chi connectivity index (χ0v) is 20.8. The van der Waals surface area contributed by atoms with Crippen LogP contribution in [0.4, 0.5) is 0 Å². The lowest BCUT2D eigenvalue weighted by atomic mass is 9.83. The van der Waals surface area contributed by atoms with E-state index >= 15 is 0 Å². The van der Waals surface area contributed by atoms with Gasteiger partial charge in [0, 0.05) is 42.4 Å². The Morgan fingerprint density at radius 3 is 2.47 bits per heavy atom. The Bertz CT molecular complexity index is 1130. The quantitative estimate of drug-likeness (QED) is 0.444. The van der Waals surface area contributed by atoms with Gasteiger partial charge in [-0.25, -0.2) is 0 Å². The first-order valence-corrected chi connectivity index (χ1v) is 11.4. The van der Waals surface area contributed by atoms with E-state index in [1.54, 1.807) is 43.3 Å². The minimum atomic E-state index is -0.342. The maximum absolute atomic E-state index is 13.3. The number of hydrogen-bond donors (Lipinski definition) is 4. The van der Waals surface area contributed by atoms with Gasteiger partial charge >= 0.3 is 0 Å². The average molecular weight is 467 g/mol. The van der Waals surface area contributed by atoms with E-state index < -0.39 is 0 Å². The molecule has 182 valence electrons. The van der Waals surface area contributed by atoms with Crippen molar-refractivity contribution in [2.75, 3.05) is 27.2 Å². The van der Waals surface area contributed by atoms with E-state index in [4.69, 9.17) is 10.1 Å². The summed E-state index contributed by atoms with van der Waals surface area (Å²) in [6.45, 7) is 9.06. The number of aromatic hydroxyl groups is 1. The van der Waals surface area contributed by atoms with Gasteiger partial charge in [-0.05, 0) is 49.2 Å². The van der Waals surface area contributed by atoms with Gasteiger partial charge in [0.2, 0.25) is 0 Å². The molecule has 1 aliphatic rings.